The average molecular weight is 239 g/mol. The van der Waals surface area contributed by atoms with Crippen molar-refractivity contribution in [3.63, 3.8) is 0 Å². The zero-order valence-electron chi connectivity index (χ0n) is 10.9. The number of nitrogens with one attached hydrogen (secondary N) is 1. The van der Waals surface area contributed by atoms with Crippen LogP contribution in [-0.4, -0.2) is 18.2 Å². The van der Waals surface area contributed by atoms with Gasteiger partial charge in [0.05, 0.1) is 5.60 Å². The summed E-state index contributed by atoms with van der Waals surface area (Å²) in [5.41, 5.74) is 0.232. The monoisotopic (exact) mass is 239 g/mol. The first-order chi connectivity index (χ1) is 7.97. The molecule has 0 aliphatic rings. The number of benzene rings is 1. The molecule has 0 bridgehead atoms. The summed E-state index contributed by atoms with van der Waals surface area (Å²) in [7, 11) is 0. The lowest BCUT2D eigenvalue weighted by Crippen LogP contribution is -2.29. The van der Waals surface area contributed by atoms with E-state index in [0.717, 1.165) is 18.5 Å². The van der Waals surface area contributed by atoms with E-state index in [1.807, 2.05) is 6.92 Å². The highest BCUT2D eigenvalue weighted by atomic mass is 19.1. The SMILES string of the molecule is CCCNCCC(C)(O)c1cc(C)ccc1F. The van der Waals surface area contributed by atoms with E-state index in [1.165, 1.54) is 6.07 Å². The molecule has 0 radical (unpaired) electrons. The third kappa shape index (κ3) is 4.10. The van der Waals surface area contributed by atoms with E-state index in [-0.39, 0.29) is 5.82 Å². The molecule has 1 unspecified atom stereocenters. The van der Waals surface area contributed by atoms with Crippen LogP contribution >= 0.6 is 0 Å². The minimum atomic E-state index is -1.11. The molecule has 2 nitrogen and oxygen atoms in total. The van der Waals surface area contributed by atoms with Crippen molar-refractivity contribution in [3.8, 4) is 0 Å². The lowest BCUT2D eigenvalue weighted by molar-refractivity contribution is 0.0443. The Bertz CT molecular complexity index is 363. The Morgan fingerprint density at radius 3 is 2.71 bits per heavy atom. The summed E-state index contributed by atoms with van der Waals surface area (Å²) in [5, 5.41) is 13.5. The van der Waals surface area contributed by atoms with Crippen molar-refractivity contribution in [1.82, 2.24) is 5.32 Å². The molecule has 0 amide bonds. The van der Waals surface area contributed by atoms with Gasteiger partial charge in [-0.05, 0) is 45.8 Å². The van der Waals surface area contributed by atoms with Gasteiger partial charge in [0.1, 0.15) is 5.82 Å². The molecular weight excluding hydrogens is 217 g/mol. The van der Waals surface area contributed by atoms with Crippen molar-refractivity contribution < 1.29 is 9.50 Å². The molecule has 0 aromatic heterocycles. The van der Waals surface area contributed by atoms with Gasteiger partial charge in [-0.25, -0.2) is 4.39 Å². The van der Waals surface area contributed by atoms with Gasteiger partial charge in [0.2, 0.25) is 0 Å². The topological polar surface area (TPSA) is 32.3 Å². The van der Waals surface area contributed by atoms with E-state index in [1.54, 1.807) is 19.1 Å². The maximum Gasteiger partial charge on any atom is 0.129 e. The summed E-state index contributed by atoms with van der Waals surface area (Å²) in [4.78, 5) is 0. The third-order valence-corrected chi connectivity index (χ3v) is 2.92. The third-order valence-electron chi connectivity index (χ3n) is 2.92. The summed E-state index contributed by atoms with van der Waals surface area (Å²) in [5.74, 6) is -0.337. The van der Waals surface area contributed by atoms with E-state index < -0.39 is 5.60 Å². The minimum absolute atomic E-state index is 0.337. The smallest absolute Gasteiger partial charge is 0.129 e. The Labute approximate surface area is 103 Å². The molecule has 2 N–H and O–H groups in total. The maximum atomic E-state index is 13.7. The van der Waals surface area contributed by atoms with Gasteiger partial charge in [0.15, 0.2) is 0 Å². The Morgan fingerprint density at radius 2 is 2.06 bits per heavy atom. The molecule has 1 rings (SSSR count). The molecule has 0 aliphatic heterocycles. The largest absolute Gasteiger partial charge is 0.385 e. The van der Waals surface area contributed by atoms with Crippen LogP contribution in [0.15, 0.2) is 18.2 Å². The van der Waals surface area contributed by atoms with Gasteiger partial charge in [-0.2, -0.15) is 0 Å². The van der Waals surface area contributed by atoms with Gasteiger partial charge in [0.25, 0.3) is 0 Å². The predicted molar refractivity (Wildman–Crippen MR) is 68.5 cm³/mol. The maximum absolute atomic E-state index is 13.7. The van der Waals surface area contributed by atoms with Crippen molar-refractivity contribution in [2.45, 2.75) is 39.2 Å². The van der Waals surface area contributed by atoms with Gasteiger partial charge >= 0.3 is 0 Å². The van der Waals surface area contributed by atoms with Crippen LogP contribution in [0.5, 0.6) is 0 Å². The summed E-state index contributed by atoms with van der Waals surface area (Å²) in [6, 6.07) is 4.85. The van der Waals surface area contributed by atoms with Crippen molar-refractivity contribution in [1.29, 1.82) is 0 Å². The van der Waals surface area contributed by atoms with Crippen LogP contribution in [0.2, 0.25) is 0 Å². The molecule has 1 atom stereocenters. The zero-order valence-corrected chi connectivity index (χ0v) is 10.9. The van der Waals surface area contributed by atoms with Crippen LogP contribution in [-0.2, 0) is 5.60 Å². The van der Waals surface area contributed by atoms with E-state index in [2.05, 4.69) is 12.2 Å². The normalized spacial score (nSPS) is 14.6. The first-order valence-corrected chi connectivity index (χ1v) is 6.17. The number of aliphatic hydroxyl groups is 1. The van der Waals surface area contributed by atoms with Crippen LogP contribution in [0.25, 0.3) is 0 Å². The molecule has 0 saturated heterocycles. The summed E-state index contributed by atoms with van der Waals surface area (Å²) >= 11 is 0. The molecule has 1 aromatic rings. The van der Waals surface area contributed by atoms with Gasteiger partial charge in [-0.1, -0.05) is 24.6 Å². The standard InChI is InChI=1S/C14H22FNO/c1-4-8-16-9-7-14(3,17)12-10-11(2)5-6-13(12)15/h5-6,10,16-17H,4,7-9H2,1-3H3. The lowest BCUT2D eigenvalue weighted by Gasteiger charge is -2.25. The van der Waals surface area contributed by atoms with Crippen molar-refractivity contribution in [3.05, 3.63) is 35.1 Å². The van der Waals surface area contributed by atoms with E-state index in [9.17, 15) is 9.50 Å². The number of aryl methyl sites for hydroxylation is 1. The Balaban J connectivity index is 2.71. The van der Waals surface area contributed by atoms with Crippen molar-refractivity contribution >= 4 is 0 Å². The Morgan fingerprint density at radius 1 is 1.35 bits per heavy atom. The molecule has 0 spiro atoms. The highest BCUT2D eigenvalue weighted by Crippen LogP contribution is 2.27. The van der Waals surface area contributed by atoms with Crippen LogP contribution in [0, 0.1) is 12.7 Å². The van der Waals surface area contributed by atoms with Crippen LogP contribution in [0.1, 0.15) is 37.8 Å². The van der Waals surface area contributed by atoms with Crippen molar-refractivity contribution in [2.24, 2.45) is 0 Å². The fraction of sp³-hybridized carbons (Fsp3) is 0.571. The fourth-order valence-electron chi connectivity index (χ4n) is 1.82. The second kappa shape index (κ2) is 6.12. The number of rotatable bonds is 6. The molecule has 0 aliphatic carbocycles. The molecule has 3 heteroatoms. The van der Waals surface area contributed by atoms with Gasteiger partial charge in [-0.15, -0.1) is 0 Å². The molecule has 17 heavy (non-hydrogen) atoms. The number of halogens is 1. The minimum Gasteiger partial charge on any atom is -0.385 e. The predicted octanol–water partition coefficient (Wildman–Crippen LogP) is 2.73. The molecule has 0 saturated carbocycles. The second-order valence-corrected chi connectivity index (χ2v) is 4.76. The van der Waals surface area contributed by atoms with Crippen LogP contribution in [0.4, 0.5) is 4.39 Å². The summed E-state index contributed by atoms with van der Waals surface area (Å²) in [6.45, 7) is 7.26. The van der Waals surface area contributed by atoms with Crippen LogP contribution < -0.4 is 5.32 Å². The Kier molecular flexibility index (Phi) is 5.09. The highest BCUT2D eigenvalue weighted by Gasteiger charge is 2.25. The quantitative estimate of drug-likeness (QED) is 0.748. The lowest BCUT2D eigenvalue weighted by atomic mass is 9.91. The van der Waals surface area contributed by atoms with Crippen molar-refractivity contribution in [2.75, 3.05) is 13.1 Å². The number of hydrogen-bond donors (Lipinski definition) is 2. The van der Waals surface area contributed by atoms with Gasteiger partial charge in [-0.3, -0.25) is 0 Å². The van der Waals surface area contributed by atoms with E-state index in [4.69, 9.17) is 0 Å². The molecule has 1 aromatic carbocycles. The fourth-order valence-corrected chi connectivity index (χ4v) is 1.82. The molecular formula is C14H22FNO. The highest BCUT2D eigenvalue weighted by molar-refractivity contribution is 5.28. The van der Waals surface area contributed by atoms with Gasteiger partial charge in [0, 0.05) is 5.56 Å². The van der Waals surface area contributed by atoms with Crippen LogP contribution in [0.3, 0.4) is 0 Å². The number of hydrogen-bond acceptors (Lipinski definition) is 2. The average Bonchev–Trinajstić information content (AvgIpc) is 2.28. The Hall–Kier alpha value is -0.930. The molecule has 96 valence electrons. The zero-order chi connectivity index (χ0) is 12.9. The second-order valence-electron chi connectivity index (χ2n) is 4.76. The van der Waals surface area contributed by atoms with E-state index >= 15 is 0 Å². The van der Waals surface area contributed by atoms with Gasteiger partial charge < -0.3 is 10.4 Å². The molecule has 0 fully saturated rings. The first kappa shape index (κ1) is 14.1. The first-order valence-electron chi connectivity index (χ1n) is 6.17. The summed E-state index contributed by atoms with van der Waals surface area (Å²) < 4.78 is 13.7. The van der Waals surface area contributed by atoms with E-state index in [0.29, 0.717) is 18.5 Å². The summed E-state index contributed by atoms with van der Waals surface area (Å²) in [6.07, 6.45) is 1.56. The molecule has 0 heterocycles.